The molecule has 1 aromatic rings. The van der Waals surface area contributed by atoms with Gasteiger partial charge >= 0.3 is 0 Å². The Hall–Kier alpha value is -1.28. The summed E-state index contributed by atoms with van der Waals surface area (Å²) in [7, 11) is 1.38. The minimum Gasteiger partial charge on any atom is -0.349 e. The van der Waals surface area contributed by atoms with Crippen LogP contribution in [0.2, 0.25) is 10.0 Å². The topological polar surface area (TPSA) is 53.3 Å². The Morgan fingerprint density at radius 1 is 1.32 bits per heavy atom. The maximum Gasteiger partial charge on any atom is 0.257 e. The number of hydrogen-bond acceptors (Lipinski definition) is 3. The number of halogens is 2. The first-order chi connectivity index (χ1) is 8.90. The van der Waals surface area contributed by atoms with E-state index in [-0.39, 0.29) is 11.9 Å². The lowest BCUT2D eigenvalue weighted by molar-refractivity contribution is -0.00238. The number of carbonyl (C=O) groups excluding carboxylic acids is 1. The summed E-state index contributed by atoms with van der Waals surface area (Å²) < 4.78 is 5.00. The van der Waals surface area contributed by atoms with Crippen LogP contribution in [-0.2, 0) is 4.74 Å². The molecule has 0 N–H and O–H groups in total. The summed E-state index contributed by atoms with van der Waals surface area (Å²) in [6.07, 6.45) is -0.953. The average Bonchev–Trinajstić information content (AvgIpc) is 2.33. The van der Waals surface area contributed by atoms with Crippen molar-refractivity contribution in [1.29, 1.82) is 5.26 Å². The van der Waals surface area contributed by atoms with Crippen LogP contribution in [0.15, 0.2) is 18.2 Å². The van der Waals surface area contributed by atoms with Gasteiger partial charge in [-0.1, -0.05) is 23.2 Å². The molecule has 0 aromatic heterocycles. The Morgan fingerprint density at radius 2 is 1.84 bits per heavy atom. The van der Waals surface area contributed by atoms with E-state index in [0.29, 0.717) is 15.6 Å². The van der Waals surface area contributed by atoms with Gasteiger partial charge < -0.3 is 4.74 Å². The number of benzene rings is 1. The largest absolute Gasteiger partial charge is 0.349 e. The average molecular weight is 301 g/mol. The Bertz CT molecular complexity index is 492. The molecule has 4 nitrogen and oxygen atoms in total. The molecule has 0 heterocycles. The van der Waals surface area contributed by atoms with E-state index in [0.717, 1.165) is 0 Å². The minimum atomic E-state index is -0.953. The molecule has 1 amide bonds. The zero-order chi connectivity index (χ0) is 14.6. The Balaban J connectivity index is 3.17. The zero-order valence-electron chi connectivity index (χ0n) is 10.9. The highest BCUT2D eigenvalue weighted by Crippen LogP contribution is 2.21. The number of rotatable bonds is 4. The minimum absolute atomic E-state index is 0.199. The number of ether oxygens (including phenoxy) is 1. The predicted octanol–water partition coefficient (Wildman–Crippen LogP) is 3.34. The summed E-state index contributed by atoms with van der Waals surface area (Å²) in [6, 6.07) is 6.29. The van der Waals surface area contributed by atoms with Gasteiger partial charge in [0.1, 0.15) is 6.07 Å². The van der Waals surface area contributed by atoms with E-state index in [1.165, 1.54) is 30.2 Å². The Kier molecular flexibility index (Phi) is 5.61. The van der Waals surface area contributed by atoms with E-state index in [4.69, 9.17) is 33.2 Å². The Morgan fingerprint density at radius 3 is 2.21 bits per heavy atom. The van der Waals surface area contributed by atoms with Crippen molar-refractivity contribution in [3.8, 4) is 6.07 Å². The van der Waals surface area contributed by atoms with Crippen molar-refractivity contribution in [2.75, 3.05) is 7.11 Å². The maximum atomic E-state index is 12.4. The first-order valence-electron chi connectivity index (χ1n) is 5.62. The van der Waals surface area contributed by atoms with Crippen molar-refractivity contribution < 1.29 is 9.53 Å². The number of amides is 1. The van der Waals surface area contributed by atoms with Gasteiger partial charge in [-0.05, 0) is 32.0 Å². The first kappa shape index (κ1) is 15.8. The van der Waals surface area contributed by atoms with Crippen LogP contribution in [0.25, 0.3) is 0 Å². The van der Waals surface area contributed by atoms with Gasteiger partial charge in [0, 0.05) is 28.8 Å². The van der Waals surface area contributed by atoms with Crippen LogP contribution in [0, 0.1) is 11.3 Å². The maximum absolute atomic E-state index is 12.4. The molecule has 1 unspecified atom stereocenters. The third-order valence-corrected chi connectivity index (χ3v) is 2.92. The van der Waals surface area contributed by atoms with Crippen LogP contribution >= 0.6 is 23.2 Å². The van der Waals surface area contributed by atoms with Crippen molar-refractivity contribution in [3.05, 3.63) is 33.8 Å². The van der Waals surface area contributed by atoms with E-state index in [9.17, 15) is 4.79 Å². The molecule has 0 saturated carbocycles. The highest BCUT2D eigenvalue weighted by atomic mass is 35.5. The molecule has 0 aliphatic carbocycles. The SMILES string of the molecule is COC(C#N)N(C(=O)c1cc(Cl)cc(Cl)c1)C(C)C. The van der Waals surface area contributed by atoms with Crippen LogP contribution in [-0.4, -0.2) is 30.2 Å². The van der Waals surface area contributed by atoms with Crippen molar-refractivity contribution in [2.24, 2.45) is 0 Å². The molecule has 6 heteroatoms. The summed E-state index contributed by atoms with van der Waals surface area (Å²) >= 11 is 11.7. The number of methoxy groups -OCH3 is 1. The summed E-state index contributed by atoms with van der Waals surface area (Å²) in [5, 5.41) is 9.76. The molecular weight excluding hydrogens is 287 g/mol. The predicted molar refractivity (Wildman–Crippen MR) is 74.2 cm³/mol. The zero-order valence-corrected chi connectivity index (χ0v) is 12.4. The van der Waals surface area contributed by atoms with E-state index in [1.54, 1.807) is 13.8 Å². The second-order valence-corrected chi connectivity index (χ2v) is 5.05. The smallest absolute Gasteiger partial charge is 0.257 e. The van der Waals surface area contributed by atoms with Gasteiger partial charge in [0.15, 0.2) is 0 Å². The van der Waals surface area contributed by atoms with Gasteiger partial charge in [0.05, 0.1) is 0 Å². The molecule has 0 fully saturated rings. The number of nitrogens with zero attached hydrogens (tertiary/aromatic N) is 2. The fourth-order valence-corrected chi connectivity index (χ4v) is 2.19. The van der Waals surface area contributed by atoms with Gasteiger partial charge in [-0.15, -0.1) is 0 Å². The van der Waals surface area contributed by atoms with Crippen LogP contribution in [0.1, 0.15) is 24.2 Å². The summed E-state index contributed by atoms with van der Waals surface area (Å²) in [4.78, 5) is 13.8. The summed E-state index contributed by atoms with van der Waals surface area (Å²) in [6.45, 7) is 3.60. The third kappa shape index (κ3) is 3.84. The Labute approximate surface area is 122 Å². The fraction of sp³-hybridized carbons (Fsp3) is 0.385. The van der Waals surface area contributed by atoms with Crippen molar-refractivity contribution in [3.63, 3.8) is 0 Å². The lowest BCUT2D eigenvalue weighted by atomic mass is 10.1. The highest BCUT2D eigenvalue weighted by Gasteiger charge is 2.27. The molecule has 0 bridgehead atoms. The van der Waals surface area contributed by atoms with Crippen molar-refractivity contribution in [1.82, 2.24) is 4.90 Å². The van der Waals surface area contributed by atoms with Crippen LogP contribution < -0.4 is 0 Å². The molecular formula is C13H14Cl2N2O2. The van der Waals surface area contributed by atoms with E-state index in [1.807, 2.05) is 6.07 Å². The third-order valence-electron chi connectivity index (χ3n) is 2.49. The molecule has 0 aliphatic heterocycles. The highest BCUT2D eigenvalue weighted by molar-refractivity contribution is 6.35. The summed E-state index contributed by atoms with van der Waals surface area (Å²) in [5.74, 6) is -0.354. The van der Waals surface area contributed by atoms with Gasteiger partial charge in [-0.3, -0.25) is 9.69 Å². The standard InChI is InChI=1S/C13H14Cl2N2O2/c1-8(2)17(12(7-16)19-3)13(18)9-4-10(14)6-11(15)5-9/h4-6,8,12H,1-3H3. The number of nitriles is 1. The van der Waals surface area contributed by atoms with Gasteiger partial charge in [-0.2, -0.15) is 5.26 Å². The molecule has 1 rings (SSSR count). The monoisotopic (exact) mass is 300 g/mol. The lowest BCUT2D eigenvalue weighted by Gasteiger charge is -2.30. The van der Waals surface area contributed by atoms with Crippen LogP contribution in [0.5, 0.6) is 0 Å². The number of carbonyl (C=O) groups is 1. The molecule has 102 valence electrons. The fourth-order valence-electron chi connectivity index (χ4n) is 1.67. The summed E-state index contributed by atoms with van der Waals surface area (Å²) in [5.41, 5.74) is 0.323. The van der Waals surface area contributed by atoms with Gasteiger partial charge in [0.2, 0.25) is 6.23 Å². The van der Waals surface area contributed by atoms with Crippen molar-refractivity contribution >= 4 is 29.1 Å². The second kappa shape index (κ2) is 6.76. The van der Waals surface area contributed by atoms with Crippen molar-refractivity contribution in [2.45, 2.75) is 26.1 Å². The molecule has 19 heavy (non-hydrogen) atoms. The first-order valence-corrected chi connectivity index (χ1v) is 6.37. The normalized spacial score (nSPS) is 12.1. The van der Waals surface area contributed by atoms with Crippen LogP contribution in [0.4, 0.5) is 0 Å². The quantitative estimate of drug-likeness (QED) is 0.801. The van der Waals surface area contributed by atoms with E-state index >= 15 is 0 Å². The van der Waals surface area contributed by atoms with Gasteiger partial charge in [-0.25, -0.2) is 0 Å². The molecule has 1 atom stereocenters. The second-order valence-electron chi connectivity index (χ2n) is 4.18. The molecule has 1 aromatic carbocycles. The number of hydrogen-bond donors (Lipinski definition) is 0. The molecule has 0 radical (unpaired) electrons. The molecule has 0 spiro atoms. The van der Waals surface area contributed by atoms with Crippen LogP contribution in [0.3, 0.4) is 0 Å². The van der Waals surface area contributed by atoms with E-state index < -0.39 is 6.23 Å². The van der Waals surface area contributed by atoms with Gasteiger partial charge in [0.25, 0.3) is 5.91 Å². The molecule has 0 aliphatic rings. The lowest BCUT2D eigenvalue weighted by Crippen LogP contribution is -2.45. The molecule has 0 saturated heterocycles. The van der Waals surface area contributed by atoms with E-state index in [2.05, 4.69) is 0 Å².